The normalized spacial score (nSPS) is 22.3. The Kier molecular flexibility index (Phi) is 5.67. The monoisotopic (exact) mass is 372 g/mol. The second-order valence-corrected chi connectivity index (χ2v) is 5.70. The summed E-state index contributed by atoms with van der Waals surface area (Å²) in [7, 11) is 3.98. The number of hydrogen-bond donors (Lipinski definition) is 1. The number of nitrogens with one attached hydrogen (secondary N) is 1. The number of rotatable bonds is 6. The van der Waals surface area contributed by atoms with E-state index in [-0.39, 0.29) is 17.5 Å². The third-order valence-corrected chi connectivity index (χ3v) is 4.00. The lowest BCUT2D eigenvalue weighted by molar-refractivity contribution is -0.174. The Bertz CT molecular complexity index is 706. The molecular formula is C16H19F3N4O3. The fraction of sp³-hybridized carbons (Fsp3) is 0.438. The van der Waals surface area contributed by atoms with E-state index < -0.39 is 23.7 Å². The quantitative estimate of drug-likeness (QED) is 0.357. The molecule has 0 aromatic heterocycles. The number of carbonyl (C=O) groups is 2. The van der Waals surface area contributed by atoms with Crippen LogP contribution in [0.3, 0.4) is 0 Å². The minimum absolute atomic E-state index is 0.00622. The van der Waals surface area contributed by atoms with E-state index in [0.717, 1.165) is 10.0 Å². The van der Waals surface area contributed by atoms with Crippen LogP contribution in [-0.2, 0) is 15.2 Å². The van der Waals surface area contributed by atoms with E-state index in [4.69, 9.17) is 0 Å². The number of nitrogens with zero attached hydrogens (tertiary/aromatic N) is 3. The average Bonchev–Trinajstić information content (AvgIpc) is 3.30. The van der Waals surface area contributed by atoms with Crippen LogP contribution >= 0.6 is 0 Å². The summed E-state index contributed by atoms with van der Waals surface area (Å²) in [6, 6.07) is 5.15. The molecule has 142 valence electrons. The standard InChI is InChI=1S/C16H19F3N4O3/c1-22(20-10-4-5-13(24)26-3)14(25)11-6-8-12(9-7-11)15(16(17,18)19)21-23(15)2/h6-10,21H,4-5H2,1-3H3/b20-10+. The first kappa shape index (κ1) is 19.9. The van der Waals surface area contributed by atoms with Gasteiger partial charge >= 0.3 is 12.1 Å². The van der Waals surface area contributed by atoms with Crippen molar-refractivity contribution in [3.8, 4) is 0 Å². The molecule has 1 heterocycles. The largest absolute Gasteiger partial charge is 0.469 e. The number of hydrazine groups is 1. The topological polar surface area (TPSA) is 83.9 Å². The molecule has 1 aromatic rings. The highest BCUT2D eigenvalue weighted by atomic mass is 19.4. The SMILES string of the molecule is COC(=O)CC/C=N/N(C)C(=O)c1ccc(C2(C(F)(F)F)NN2C)cc1. The van der Waals surface area contributed by atoms with E-state index in [2.05, 4.69) is 15.3 Å². The van der Waals surface area contributed by atoms with Gasteiger partial charge in [0.15, 0.2) is 0 Å². The summed E-state index contributed by atoms with van der Waals surface area (Å²) < 4.78 is 44.2. The van der Waals surface area contributed by atoms with Crippen molar-refractivity contribution in [3.05, 3.63) is 35.4 Å². The lowest BCUT2D eigenvalue weighted by atomic mass is 10.0. The van der Waals surface area contributed by atoms with E-state index in [1.54, 1.807) is 0 Å². The highest BCUT2D eigenvalue weighted by molar-refractivity contribution is 5.94. The Morgan fingerprint density at radius 3 is 2.38 bits per heavy atom. The number of ether oxygens (including phenoxy) is 1. The van der Waals surface area contributed by atoms with Crippen molar-refractivity contribution < 1.29 is 27.5 Å². The number of amides is 1. The van der Waals surface area contributed by atoms with Gasteiger partial charge in [-0.1, -0.05) is 12.1 Å². The number of halogens is 3. The maximum atomic E-state index is 13.2. The predicted octanol–water partition coefficient (Wildman–Crippen LogP) is 1.86. The molecule has 2 unspecified atom stereocenters. The van der Waals surface area contributed by atoms with Gasteiger partial charge in [0.05, 0.1) is 13.5 Å². The van der Waals surface area contributed by atoms with E-state index in [0.29, 0.717) is 6.42 Å². The number of hydrogen-bond acceptors (Lipinski definition) is 6. The number of alkyl halides is 3. The zero-order valence-corrected chi connectivity index (χ0v) is 14.5. The molecule has 7 nitrogen and oxygen atoms in total. The maximum Gasteiger partial charge on any atom is 0.426 e. The zero-order chi connectivity index (χ0) is 19.5. The van der Waals surface area contributed by atoms with Crippen molar-refractivity contribution in [2.75, 3.05) is 21.2 Å². The first-order chi connectivity index (χ1) is 12.1. The van der Waals surface area contributed by atoms with Crippen LogP contribution < -0.4 is 5.43 Å². The second kappa shape index (κ2) is 7.42. The van der Waals surface area contributed by atoms with Gasteiger partial charge in [0.1, 0.15) is 0 Å². The van der Waals surface area contributed by atoms with Gasteiger partial charge in [-0.05, 0) is 24.1 Å². The highest BCUT2D eigenvalue weighted by Crippen LogP contribution is 2.48. The molecule has 1 aromatic carbocycles. The zero-order valence-electron chi connectivity index (χ0n) is 14.5. The van der Waals surface area contributed by atoms with Crippen molar-refractivity contribution in [2.45, 2.75) is 24.7 Å². The van der Waals surface area contributed by atoms with Crippen molar-refractivity contribution in [1.29, 1.82) is 0 Å². The van der Waals surface area contributed by atoms with Gasteiger partial charge < -0.3 is 4.74 Å². The van der Waals surface area contributed by atoms with Gasteiger partial charge in [-0.15, -0.1) is 0 Å². The van der Waals surface area contributed by atoms with Crippen LogP contribution in [0.1, 0.15) is 28.8 Å². The molecule has 1 aliphatic heterocycles. The van der Waals surface area contributed by atoms with Gasteiger partial charge in [-0.25, -0.2) is 15.4 Å². The minimum atomic E-state index is -4.49. The molecule has 0 saturated carbocycles. The van der Waals surface area contributed by atoms with Gasteiger partial charge in [0.2, 0.25) is 5.66 Å². The van der Waals surface area contributed by atoms with Crippen molar-refractivity contribution >= 4 is 18.1 Å². The summed E-state index contributed by atoms with van der Waals surface area (Å²) in [5.74, 6) is -0.873. The maximum absolute atomic E-state index is 13.2. The van der Waals surface area contributed by atoms with E-state index >= 15 is 0 Å². The second-order valence-electron chi connectivity index (χ2n) is 5.70. The Morgan fingerprint density at radius 1 is 1.35 bits per heavy atom. The van der Waals surface area contributed by atoms with E-state index in [1.807, 2.05) is 0 Å². The predicted molar refractivity (Wildman–Crippen MR) is 86.9 cm³/mol. The lowest BCUT2D eigenvalue weighted by Gasteiger charge is -2.18. The number of carbonyl (C=O) groups excluding carboxylic acids is 2. The number of hydrazone groups is 1. The molecular weight excluding hydrogens is 353 g/mol. The smallest absolute Gasteiger partial charge is 0.426 e. The van der Waals surface area contributed by atoms with Crippen LogP contribution in [0.15, 0.2) is 29.4 Å². The number of methoxy groups -OCH3 is 1. The third kappa shape index (κ3) is 3.86. The van der Waals surface area contributed by atoms with Gasteiger partial charge in [0, 0.05) is 25.9 Å². The number of esters is 1. The van der Waals surface area contributed by atoms with Crippen molar-refractivity contribution in [3.63, 3.8) is 0 Å². The molecule has 0 spiro atoms. The molecule has 1 aliphatic rings. The summed E-state index contributed by atoms with van der Waals surface area (Å²) in [4.78, 5) is 23.2. The van der Waals surface area contributed by atoms with Crippen molar-refractivity contribution in [2.24, 2.45) is 5.10 Å². The van der Waals surface area contributed by atoms with E-state index in [9.17, 15) is 22.8 Å². The summed E-state index contributed by atoms with van der Waals surface area (Å²) >= 11 is 0. The summed E-state index contributed by atoms with van der Waals surface area (Å²) in [5, 5.41) is 5.90. The van der Waals surface area contributed by atoms with Crippen LogP contribution in [0.25, 0.3) is 0 Å². The fourth-order valence-electron chi connectivity index (χ4n) is 2.45. The minimum Gasteiger partial charge on any atom is -0.469 e. The Labute approximate surface area is 148 Å². The molecule has 0 radical (unpaired) electrons. The molecule has 2 atom stereocenters. The molecule has 0 bridgehead atoms. The van der Waals surface area contributed by atoms with E-state index in [1.165, 1.54) is 51.7 Å². The summed E-state index contributed by atoms with van der Waals surface area (Å²) in [5.41, 5.74) is 0.247. The number of benzene rings is 1. The Morgan fingerprint density at radius 2 is 1.92 bits per heavy atom. The Hall–Kier alpha value is -2.46. The van der Waals surface area contributed by atoms with Gasteiger partial charge in [0.25, 0.3) is 5.91 Å². The molecule has 10 heteroatoms. The first-order valence-corrected chi connectivity index (χ1v) is 7.69. The fourth-order valence-corrected chi connectivity index (χ4v) is 2.45. The molecule has 26 heavy (non-hydrogen) atoms. The first-order valence-electron chi connectivity index (χ1n) is 7.69. The highest BCUT2D eigenvalue weighted by Gasteiger charge is 2.69. The summed E-state index contributed by atoms with van der Waals surface area (Å²) in [6.45, 7) is 0. The van der Waals surface area contributed by atoms with Crippen LogP contribution in [-0.4, -0.2) is 55.5 Å². The summed E-state index contributed by atoms with van der Waals surface area (Å²) in [6.07, 6.45) is -2.66. The molecule has 2 rings (SSSR count). The molecule has 1 N–H and O–H groups in total. The van der Waals surface area contributed by atoms with Gasteiger partial charge in [-0.2, -0.15) is 18.3 Å². The van der Waals surface area contributed by atoms with Crippen LogP contribution in [0.4, 0.5) is 13.2 Å². The van der Waals surface area contributed by atoms with Crippen molar-refractivity contribution in [1.82, 2.24) is 15.4 Å². The average molecular weight is 372 g/mol. The molecule has 1 amide bonds. The molecule has 0 aliphatic carbocycles. The van der Waals surface area contributed by atoms with Crippen LogP contribution in [0.2, 0.25) is 0 Å². The van der Waals surface area contributed by atoms with Crippen LogP contribution in [0.5, 0.6) is 0 Å². The third-order valence-electron chi connectivity index (χ3n) is 4.00. The Balaban J connectivity index is 2.03. The van der Waals surface area contributed by atoms with Crippen LogP contribution in [0, 0.1) is 0 Å². The molecule has 1 fully saturated rings. The lowest BCUT2D eigenvalue weighted by Crippen LogP contribution is -2.35. The molecule has 1 saturated heterocycles. The van der Waals surface area contributed by atoms with Gasteiger partial charge in [-0.3, -0.25) is 9.59 Å².